The maximum atomic E-state index is 13.3. The van der Waals surface area contributed by atoms with Crippen molar-refractivity contribution in [2.45, 2.75) is 12.3 Å². The van der Waals surface area contributed by atoms with Crippen molar-refractivity contribution in [1.82, 2.24) is 4.90 Å². The molecule has 17 heavy (non-hydrogen) atoms. The van der Waals surface area contributed by atoms with Crippen molar-refractivity contribution in [1.29, 1.82) is 0 Å². The number of carbonyl (C=O) groups excluding carboxylic acids is 1. The summed E-state index contributed by atoms with van der Waals surface area (Å²) in [4.78, 5) is 12.8. The second kappa shape index (κ2) is 5.40. The van der Waals surface area contributed by atoms with Crippen LogP contribution in [0.15, 0.2) is 12.1 Å². The fraction of sp³-hybridized carbons (Fsp3) is 0.364. The fourth-order valence-electron chi connectivity index (χ4n) is 1.36. The van der Waals surface area contributed by atoms with E-state index in [0.717, 1.165) is 11.0 Å². The molecule has 0 aromatic heterocycles. The summed E-state index contributed by atoms with van der Waals surface area (Å²) in [5.41, 5.74) is -0.510. The van der Waals surface area contributed by atoms with Crippen molar-refractivity contribution in [3.05, 3.63) is 35.1 Å². The number of benzene rings is 1. The molecule has 0 spiro atoms. The fourth-order valence-corrected chi connectivity index (χ4v) is 1.56. The van der Waals surface area contributed by atoms with E-state index < -0.39 is 28.9 Å². The average Bonchev–Trinajstić information content (AvgIpc) is 2.24. The van der Waals surface area contributed by atoms with E-state index in [-0.39, 0.29) is 11.9 Å². The molecule has 1 atom stereocenters. The molecular weight excluding hydrogens is 255 g/mol. The SMILES string of the molecule is CC(Cl)CN(C)C(=O)c1ccc(F)c(F)c1F. The molecule has 0 radical (unpaired) electrons. The highest BCUT2D eigenvalue weighted by Gasteiger charge is 2.21. The van der Waals surface area contributed by atoms with E-state index in [2.05, 4.69) is 0 Å². The molecule has 1 unspecified atom stereocenters. The number of nitrogens with zero attached hydrogens (tertiary/aromatic N) is 1. The van der Waals surface area contributed by atoms with E-state index in [9.17, 15) is 18.0 Å². The van der Waals surface area contributed by atoms with Crippen LogP contribution in [-0.2, 0) is 0 Å². The molecule has 0 fully saturated rings. The van der Waals surface area contributed by atoms with Gasteiger partial charge in [-0.25, -0.2) is 13.2 Å². The van der Waals surface area contributed by atoms with Crippen LogP contribution in [0.5, 0.6) is 0 Å². The molecule has 1 amide bonds. The molecule has 0 aliphatic rings. The van der Waals surface area contributed by atoms with Gasteiger partial charge in [-0.2, -0.15) is 0 Å². The summed E-state index contributed by atoms with van der Waals surface area (Å²) in [7, 11) is 1.40. The van der Waals surface area contributed by atoms with Crippen molar-refractivity contribution in [3.8, 4) is 0 Å². The Morgan fingerprint density at radius 1 is 1.35 bits per heavy atom. The van der Waals surface area contributed by atoms with Gasteiger partial charge in [-0.3, -0.25) is 4.79 Å². The number of rotatable bonds is 3. The van der Waals surface area contributed by atoms with E-state index >= 15 is 0 Å². The van der Waals surface area contributed by atoms with Gasteiger partial charge >= 0.3 is 0 Å². The van der Waals surface area contributed by atoms with Crippen LogP contribution in [0.2, 0.25) is 0 Å². The first-order chi connectivity index (χ1) is 7.84. The maximum Gasteiger partial charge on any atom is 0.256 e. The Hall–Kier alpha value is -1.23. The summed E-state index contributed by atoms with van der Waals surface area (Å²) in [5, 5.41) is -0.322. The Morgan fingerprint density at radius 2 is 1.94 bits per heavy atom. The van der Waals surface area contributed by atoms with E-state index in [0.29, 0.717) is 6.07 Å². The quantitative estimate of drug-likeness (QED) is 0.608. The van der Waals surface area contributed by atoms with Crippen molar-refractivity contribution in [2.75, 3.05) is 13.6 Å². The highest BCUT2D eigenvalue weighted by Crippen LogP contribution is 2.16. The van der Waals surface area contributed by atoms with E-state index in [1.165, 1.54) is 7.05 Å². The van der Waals surface area contributed by atoms with Crippen LogP contribution >= 0.6 is 11.6 Å². The zero-order valence-electron chi connectivity index (χ0n) is 9.31. The zero-order chi connectivity index (χ0) is 13.2. The van der Waals surface area contributed by atoms with Crippen LogP contribution in [0.3, 0.4) is 0 Å². The van der Waals surface area contributed by atoms with Gasteiger partial charge in [-0.15, -0.1) is 11.6 Å². The predicted molar refractivity (Wildman–Crippen MR) is 58.6 cm³/mol. The Bertz CT molecular complexity index is 437. The summed E-state index contributed by atoms with van der Waals surface area (Å²) in [6.07, 6.45) is 0. The number of hydrogen-bond donors (Lipinski definition) is 0. The minimum atomic E-state index is -1.65. The summed E-state index contributed by atoms with van der Waals surface area (Å²) in [6, 6.07) is 1.62. The van der Waals surface area contributed by atoms with Crippen molar-refractivity contribution >= 4 is 17.5 Å². The predicted octanol–water partition coefficient (Wildman–Crippen LogP) is 2.80. The highest BCUT2D eigenvalue weighted by molar-refractivity contribution is 6.20. The lowest BCUT2D eigenvalue weighted by Crippen LogP contribution is -2.32. The molecule has 1 aromatic carbocycles. The molecule has 94 valence electrons. The molecule has 1 aromatic rings. The Morgan fingerprint density at radius 3 is 2.47 bits per heavy atom. The lowest BCUT2D eigenvalue weighted by atomic mass is 10.1. The lowest BCUT2D eigenvalue weighted by molar-refractivity contribution is 0.0790. The number of halogens is 4. The molecule has 0 saturated heterocycles. The number of alkyl halides is 1. The molecule has 0 aliphatic heterocycles. The smallest absolute Gasteiger partial charge is 0.256 e. The zero-order valence-corrected chi connectivity index (χ0v) is 10.1. The molecule has 0 saturated carbocycles. The van der Waals surface area contributed by atoms with Crippen LogP contribution in [0.1, 0.15) is 17.3 Å². The molecule has 1 rings (SSSR count). The van der Waals surface area contributed by atoms with E-state index in [4.69, 9.17) is 11.6 Å². The first-order valence-electron chi connectivity index (χ1n) is 4.87. The van der Waals surface area contributed by atoms with E-state index in [1.54, 1.807) is 6.92 Å². The lowest BCUT2D eigenvalue weighted by Gasteiger charge is -2.18. The van der Waals surface area contributed by atoms with Crippen LogP contribution in [0, 0.1) is 17.5 Å². The van der Waals surface area contributed by atoms with Gasteiger partial charge in [0.15, 0.2) is 17.5 Å². The van der Waals surface area contributed by atoms with Gasteiger partial charge in [0.1, 0.15) is 0 Å². The molecule has 0 heterocycles. The number of hydrogen-bond acceptors (Lipinski definition) is 1. The van der Waals surface area contributed by atoms with Crippen molar-refractivity contribution < 1.29 is 18.0 Å². The monoisotopic (exact) mass is 265 g/mol. The van der Waals surface area contributed by atoms with Crippen LogP contribution in [0.25, 0.3) is 0 Å². The summed E-state index contributed by atoms with van der Waals surface area (Å²) >= 11 is 5.68. The first-order valence-corrected chi connectivity index (χ1v) is 5.31. The van der Waals surface area contributed by atoms with Crippen molar-refractivity contribution in [3.63, 3.8) is 0 Å². The van der Waals surface area contributed by atoms with Crippen LogP contribution in [0.4, 0.5) is 13.2 Å². The Kier molecular flexibility index (Phi) is 4.40. The van der Waals surface area contributed by atoms with Crippen LogP contribution in [-0.4, -0.2) is 29.8 Å². The Balaban J connectivity index is 3.01. The molecule has 2 nitrogen and oxygen atoms in total. The van der Waals surface area contributed by atoms with Gasteiger partial charge in [0.2, 0.25) is 0 Å². The van der Waals surface area contributed by atoms with Crippen molar-refractivity contribution in [2.24, 2.45) is 0 Å². The van der Waals surface area contributed by atoms with Crippen LogP contribution < -0.4 is 0 Å². The molecule has 0 aliphatic carbocycles. The second-order valence-electron chi connectivity index (χ2n) is 3.69. The summed E-state index contributed by atoms with van der Waals surface area (Å²) < 4.78 is 38.9. The largest absolute Gasteiger partial charge is 0.340 e. The third-order valence-corrected chi connectivity index (χ3v) is 2.28. The van der Waals surface area contributed by atoms with Gasteiger partial charge < -0.3 is 4.90 Å². The summed E-state index contributed by atoms with van der Waals surface area (Å²) in [5.74, 6) is -5.20. The minimum Gasteiger partial charge on any atom is -0.340 e. The Labute approximate surface area is 102 Å². The second-order valence-corrected chi connectivity index (χ2v) is 4.43. The van der Waals surface area contributed by atoms with Gasteiger partial charge in [0.25, 0.3) is 5.91 Å². The normalized spacial score (nSPS) is 12.4. The molecule has 6 heteroatoms. The highest BCUT2D eigenvalue weighted by atomic mass is 35.5. The average molecular weight is 266 g/mol. The molecular formula is C11H11ClF3NO. The molecule has 0 N–H and O–H groups in total. The van der Waals surface area contributed by atoms with Gasteiger partial charge in [-0.05, 0) is 19.1 Å². The number of carbonyl (C=O) groups is 1. The van der Waals surface area contributed by atoms with Gasteiger partial charge in [0, 0.05) is 19.0 Å². The minimum absolute atomic E-state index is 0.179. The number of amides is 1. The standard InChI is InChI=1S/C11H11ClF3NO/c1-6(12)5-16(2)11(17)7-3-4-8(13)10(15)9(7)14/h3-4,6H,5H2,1-2H3. The van der Waals surface area contributed by atoms with Gasteiger partial charge in [0.05, 0.1) is 5.56 Å². The molecule has 0 bridgehead atoms. The third-order valence-electron chi connectivity index (χ3n) is 2.14. The summed E-state index contributed by atoms with van der Waals surface area (Å²) in [6.45, 7) is 1.84. The topological polar surface area (TPSA) is 20.3 Å². The van der Waals surface area contributed by atoms with Gasteiger partial charge in [-0.1, -0.05) is 0 Å². The first kappa shape index (κ1) is 13.8. The van der Waals surface area contributed by atoms with E-state index in [1.807, 2.05) is 0 Å². The third kappa shape index (κ3) is 3.12. The maximum absolute atomic E-state index is 13.3.